The standard InChI is InChI=1S/C11H11NO3S2/c1-2-17(14,15)9-5-3-8(4-6-9)11-12-10(13)7-16-11/h3-7,13H,2H2,1H3. The number of aromatic hydroxyl groups is 1. The molecular weight excluding hydrogens is 258 g/mol. The molecule has 0 radical (unpaired) electrons. The van der Waals surface area contributed by atoms with Gasteiger partial charge in [-0.1, -0.05) is 19.1 Å². The van der Waals surface area contributed by atoms with E-state index in [1.165, 1.54) is 16.7 Å². The maximum absolute atomic E-state index is 11.6. The van der Waals surface area contributed by atoms with E-state index < -0.39 is 9.84 Å². The SMILES string of the molecule is CCS(=O)(=O)c1ccc(-c2nc(O)cs2)cc1. The molecule has 0 bridgehead atoms. The van der Waals surface area contributed by atoms with E-state index in [0.717, 1.165) is 5.56 Å². The molecule has 90 valence electrons. The van der Waals surface area contributed by atoms with Crippen molar-refractivity contribution >= 4 is 21.2 Å². The number of hydrogen-bond donors (Lipinski definition) is 1. The highest BCUT2D eigenvalue weighted by atomic mass is 32.2. The Hall–Kier alpha value is -1.40. The first-order valence-corrected chi connectivity index (χ1v) is 7.54. The van der Waals surface area contributed by atoms with E-state index in [9.17, 15) is 8.42 Å². The van der Waals surface area contributed by atoms with Crippen molar-refractivity contribution in [3.05, 3.63) is 29.6 Å². The Morgan fingerprint density at radius 1 is 1.29 bits per heavy atom. The lowest BCUT2D eigenvalue weighted by Crippen LogP contribution is -2.02. The molecule has 0 aliphatic heterocycles. The molecule has 0 aliphatic carbocycles. The third-order valence-electron chi connectivity index (χ3n) is 2.33. The fraction of sp³-hybridized carbons (Fsp3) is 0.182. The van der Waals surface area contributed by atoms with Gasteiger partial charge in [-0.3, -0.25) is 0 Å². The van der Waals surface area contributed by atoms with Crippen molar-refractivity contribution in [1.82, 2.24) is 4.98 Å². The average molecular weight is 269 g/mol. The predicted molar refractivity (Wildman–Crippen MR) is 66.9 cm³/mol. The molecule has 6 heteroatoms. The summed E-state index contributed by atoms with van der Waals surface area (Å²) >= 11 is 1.31. The van der Waals surface area contributed by atoms with Gasteiger partial charge in [0.2, 0.25) is 5.88 Å². The third kappa shape index (κ3) is 2.48. The van der Waals surface area contributed by atoms with E-state index in [4.69, 9.17) is 5.11 Å². The lowest BCUT2D eigenvalue weighted by atomic mass is 10.2. The van der Waals surface area contributed by atoms with Crippen LogP contribution in [0.2, 0.25) is 0 Å². The van der Waals surface area contributed by atoms with Crippen molar-refractivity contribution in [2.75, 3.05) is 5.75 Å². The van der Waals surface area contributed by atoms with Gasteiger partial charge in [0.05, 0.1) is 16.0 Å². The second-order valence-corrected chi connectivity index (χ2v) is 6.58. The van der Waals surface area contributed by atoms with Crippen molar-refractivity contribution in [1.29, 1.82) is 0 Å². The molecule has 0 atom stereocenters. The van der Waals surface area contributed by atoms with Crippen LogP contribution in [0.15, 0.2) is 34.5 Å². The van der Waals surface area contributed by atoms with E-state index in [1.807, 2.05) is 0 Å². The van der Waals surface area contributed by atoms with Crippen LogP contribution < -0.4 is 0 Å². The second-order valence-electron chi connectivity index (χ2n) is 3.44. The molecule has 1 heterocycles. The average Bonchev–Trinajstić information content (AvgIpc) is 2.76. The summed E-state index contributed by atoms with van der Waals surface area (Å²) in [6.45, 7) is 1.61. The monoisotopic (exact) mass is 269 g/mol. The molecule has 1 aromatic heterocycles. The highest BCUT2D eigenvalue weighted by molar-refractivity contribution is 7.91. The van der Waals surface area contributed by atoms with Crippen LogP contribution in [0.3, 0.4) is 0 Å². The van der Waals surface area contributed by atoms with Crippen LogP contribution in [0.25, 0.3) is 10.6 Å². The van der Waals surface area contributed by atoms with Crippen LogP contribution in [0, 0.1) is 0 Å². The molecule has 0 saturated carbocycles. The van der Waals surface area contributed by atoms with Gasteiger partial charge in [-0.05, 0) is 12.1 Å². The number of aromatic nitrogens is 1. The van der Waals surface area contributed by atoms with E-state index in [0.29, 0.717) is 9.90 Å². The molecule has 17 heavy (non-hydrogen) atoms. The number of hydrogen-bond acceptors (Lipinski definition) is 5. The van der Waals surface area contributed by atoms with Gasteiger partial charge in [0.1, 0.15) is 5.01 Å². The molecule has 0 aliphatic rings. The number of rotatable bonds is 3. The summed E-state index contributed by atoms with van der Waals surface area (Å²) in [4.78, 5) is 4.23. The van der Waals surface area contributed by atoms with Crippen LogP contribution in [-0.2, 0) is 9.84 Å². The van der Waals surface area contributed by atoms with Gasteiger partial charge in [0.25, 0.3) is 0 Å². The van der Waals surface area contributed by atoms with E-state index in [2.05, 4.69) is 4.98 Å². The Morgan fingerprint density at radius 2 is 1.94 bits per heavy atom. The molecule has 1 aromatic carbocycles. The topological polar surface area (TPSA) is 67.3 Å². The largest absolute Gasteiger partial charge is 0.493 e. The van der Waals surface area contributed by atoms with Gasteiger partial charge in [-0.15, -0.1) is 11.3 Å². The summed E-state index contributed by atoms with van der Waals surface area (Å²) in [6, 6.07) is 6.51. The zero-order chi connectivity index (χ0) is 12.5. The first kappa shape index (κ1) is 12.1. The molecule has 1 N–H and O–H groups in total. The summed E-state index contributed by atoms with van der Waals surface area (Å²) < 4.78 is 23.2. The number of thiazole rings is 1. The van der Waals surface area contributed by atoms with Crippen molar-refractivity contribution in [2.24, 2.45) is 0 Å². The fourth-order valence-electron chi connectivity index (χ4n) is 1.37. The van der Waals surface area contributed by atoms with Gasteiger partial charge < -0.3 is 5.11 Å². The first-order chi connectivity index (χ1) is 8.03. The van der Waals surface area contributed by atoms with Crippen LogP contribution >= 0.6 is 11.3 Å². The van der Waals surface area contributed by atoms with Gasteiger partial charge in [0.15, 0.2) is 9.84 Å². The van der Waals surface area contributed by atoms with Crippen LogP contribution in [0.1, 0.15) is 6.92 Å². The molecule has 0 fully saturated rings. The lowest BCUT2D eigenvalue weighted by molar-refractivity contribution is 0.458. The summed E-state index contributed by atoms with van der Waals surface area (Å²) in [7, 11) is -3.16. The van der Waals surface area contributed by atoms with E-state index in [1.54, 1.807) is 31.2 Å². The number of sulfone groups is 1. The summed E-state index contributed by atoms with van der Waals surface area (Å²) in [5.41, 5.74) is 0.797. The van der Waals surface area contributed by atoms with Crippen LogP contribution in [0.5, 0.6) is 5.88 Å². The molecule has 0 saturated heterocycles. The lowest BCUT2D eigenvalue weighted by Gasteiger charge is -2.01. The van der Waals surface area contributed by atoms with Crippen molar-refractivity contribution in [3.8, 4) is 16.5 Å². The van der Waals surface area contributed by atoms with Crippen molar-refractivity contribution < 1.29 is 13.5 Å². The molecule has 2 rings (SSSR count). The summed E-state index contributed by atoms with van der Waals surface area (Å²) in [5, 5.41) is 11.3. The van der Waals surface area contributed by atoms with Gasteiger partial charge in [0, 0.05) is 5.56 Å². The van der Waals surface area contributed by atoms with Gasteiger partial charge in [-0.25, -0.2) is 13.4 Å². The zero-order valence-electron chi connectivity index (χ0n) is 9.12. The summed E-state index contributed by atoms with van der Waals surface area (Å²) in [5.74, 6) is 0.0694. The Balaban J connectivity index is 2.37. The normalized spacial score (nSPS) is 11.6. The molecule has 0 unspecified atom stereocenters. The number of benzene rings is 1. The van der Waals surface area contributed by atoms with Crippen molar-refractivity contribution in [3.63, 3.8) is 0 Å². The van der Waals surface area contributed by atoms with Crippen molar-refractivity contribution in [2.45, 2.75) is 11.8 Å². The van der Waals surface area contributed by atoms with Crippen LogP contribution in [-0.4, -0.2) is 24.3 Å². The fourth-order valence-corrected chi connectivity index (χ4v) is 2.94. The minimum atomic E-state index is -3.16. The highest BCUT2D eigenvalue weighted by Gasteiger charge is 2.11. The van der Waals surface area contributed by atoms with Gasteiger partial charge >= 0.3 is 0 Å². The Labute approximate surface area is 103 Å². The molecule has 0 amide bonds. The minimum Gasteiger partial charge on any atom is -0.493 e. The maximum Gasteiger partial charge on any atom is 0.222 e. The number of nitrogens with zero attached hydrogens (tertiary/aromatic N) is 1. The zero-order valence-corrected chi connectivity index (χ0v) is 10.8. The third-order valence-corrected chi connectivity index (χ3v) is 4.96. The Kier molecular flexibility index (Phi) is 3.17. The second kappa shape index (κ2) is 4.46. The van der Waals surface area contributed by atoms with E-state index >= 15 is 0 Å². The van der Waals surface area contributed by atoms with E-state index in [-0.39, 0.29) is 11.6 Å². The molecular formula is C11H11NO3S2. The molecule has 0 spiro atoms. The maximum atomic E-state index is 11.6. The highest BCUT2D eigenvalue weighted by Crippen LogP contribution is 2.27. The first-order valence-electron chi connectivity index (χ1n) is 5.00. The molecule has 2 aromatic rings. The quantitative estimate of drug-likeness (QED) is 0.928. The molecule has 4 nitrogen and oxygen atoms in total. The minimum absolute atomic E-state index is 0.0183. The van der Waals surface area contributed by atoms with Crippen LogP contribution in [0.4, 0.5) is 0 Å². The Morgan fingerprint density at radius 3 is 2.41 bits per heavy atom. The summed E-state index contributed by atoms with van der Waals surface area (Å²) in [6.07, 6.45) is 0. The predicted octanol–water partition coefficient (Wildman–Crippen LogP) is 2.31. The Bertz CT molecular complexity index is 614. The smallest absolute Gasteiger partial charge is 0.222 e. The van der Waals surface area contributed by atoms with Gasteiger partial charge in [-0.2, -0.15) is 0 Å².